The molecule has 5 heteroatoms. The van der Waals surface area contributed by atoms with Crippen LogP contribution in [0.5, 0.6) is 0 Å². The fourth-order valence-corrected chi connectivity index (χ4v) is 3.09. The minimum absolute atomic E-state index is 0.00985. The van der Waals surface area contributed by atoms with Crippen molar-refractivity contribution in [2.24, 2.45) is 11.8 Å². The predicted octanol–water partition coefficient (Wildman–Crippen LogP) is 0.522. The smallest absolute Gasteiger partial charge is 0.225 e. The van der Waals surface area contributed by atoms with Gasteiger partial charge in [-0.1, -0.05) is 6.42 Å². The van der Waals surface area contributed by atoms with Crippen molar-refractivity contribution in [1.82, 2.24) is 10.2 Å². The molecule has 2 rings (SSSR count). The quantitative estimate of drug-likeness (QED) is 0.781. The number of nitrogens with one attached hydrogen (secondary N) is 1. The summed E-state index contributed by atoms with van der Waals surface area (Å²) < 4.78 is 0. The van der Waals surface area contributed by atoms with Gasteiger partial charge in [0.05, 0.1) is 12.0 Å². The molecule has 0 aromatic heterocycles. The molecule has 0 spiro atoms. The molecule has 3 unspecified atom stereocenters. The molecule has 2 amide bonds. The highest BCUT2D eigenvalue weighted by atomic mass is 16.3. The van der Waals surface area contributed by atoms with E-state index in [1.165, 1.54) is 0 Å². The molecule has 0 aromatic rings. The van der Waals surface area contributed by atoms with Gasteiger partial charge in [-0.2, -0.15) is 0 Å². The van der Waals surface area contributed by atoms with Crippen LogP contribution in [-0.4, -0.2) is 47.6 Å². The fraction of sp³-hybridized carbons (Fsp3) is 0.857. The van der Waals surface area contributed by atoms with E-state index in [4.69, 9.17) is 0 Å². The van der Waals surface area contributed by atoms with Crippen molar-refractivity contribution < 1.29 is 14.7 Å². The number of hydrogen-bond donors (Lipinski definition) is 2. The Morgan fingerprint density at radius 3 is 2.89 bits per heavy atom. The van der Waals surface area contributed by atoms with Gasteiger partial charge in [0, 0.05) is 26.1 Å². The molecule has 1 aliphatic heterocycles. The van der Waals surface area contributed by atoms with Crippen LogP contribution in [0.4, 0.5) is 0 Å². The molecule has 1 saturated heterocycles. The molecule has 0 radical (unpaired) electrons. The third-order valence-corrected chi connectivity index (χ3v) is 4.29. The Hall–Kier alpha value is -1.10. The largest absolute Gasteiger partial charge is 0.393 e. The molecule has 2 aliphatic rings. The first-order valence-corrected chi connectivity index (χ1v) is 7.33. The second-order valence-electron chi connectivity index (χ2n) is 5.77. The van der Waals surface area contributed by atoms with E-state index in [9.17, 15) is 14.7 Å². The number of amides is 2. The number of carbonyl (C=O) groups excluding carboxylic acids is 2. The first-order valence-electron chi connectivity index (χ1n) is 7.33. The summed E-state index contributed by atoms with van der Waals surface area (Å²) in [4.78, 5) is 25.3. The summed E-state index contributed by atoms with van der Waals surface area (Å²) in [5, 5.41) is 12.5. The van der Waals surface area contributed by atoms with E-state index in [1.807, 2.05) is 6.92 Å². The number of rotatable bonds is 4. The molecule has 19 heavy (non-hydrogen) atoms. The van der Waals surface area contributed by atoms with Crippen LogP contribution < -0.4 is 5.32 Å². The second-order valence-corrected chi connectivity index (χ2v) is 5.77. The van der Waals surface area contributed by atoms with E-state index in [1.54, 1.807) is 4.90 Å². The van der Waals surface area contributed by atoms with E-state index in [0.29, 0.717) is 32.0 Å². The first-order chi connectivity index (χ1) is 9.10. The van der Waals surface area contributed by atoms with Crippen molar-refractivity contribution in [3.63, 3.8) is 0 Å². The summed E-state index contributed by atoms with van der Waals surface area (Å²) in [5.74, 6) is 0.258. The van der Waals surface area contributed by atoms with E-state index in [-0.39, 0.29) is 23.8 Å². The van der Waals surface area contributed by atoms with Crippen LogP contribution in [0.3, 0.4) is 0 Å². The molecule has 1 saturated carbocycles. The van der Waals surface area contributed by atoms with Crippen LogP contribution in [0.25, 0.3) is 0 Å². The zero-order valence-electron chi connectivity index (χ0n) is 11.6. The van der Waals surface area contributed by atoms with E-state index in [2.05, 4.69) is 5.32 Å². The van der Waals surface area contributed by atoms with Crippen LogP contribution in [-0.2, 0) is 9.59 Å². The van der Waals surface area contributed by atoms with Gasteiger partial charge < -0.3 is 15.3 Å². The van der Waals surface area contributed by atoms with Crippen LogP contribution in [0, 0.1) is 11.8 Å². The van der Waals surface area contributed by atoms with Crippen molar-refractivity contribution in [2.75, 3.05) is 19.6 Å². The molecule has 1 heterocycles. The predicted molar refractivity (Wildman–Crippen MR) is 71.3 cm³/mol. The number of hydrogen-bond acceptors (Lipinski definition) is 3. The summed E-state index contributed by atoms with van der Waals surface area (Å²) in [6.45, 7) is 3.79. The Bertz CT molecular complexity index is 346. The average Bonchev–Trinajstić information content (AvgIpc) is 2.77. The molecule has 2 fully saturated rings. The summed E-state index contributed by atoms with van der Waals surface area (Å²) in [7, 11) is 0. The van der Waals surface area contributed by atoms with Gasteiger partial charge in [-0.15, -0.1) is 0 Å². The lowest BCUT2D eigenvalue weighted by atomic mass is 9.87. The topological polar surface area (TPSA) is 69.6 Å². The molecule has 0 bridgehead atoms. The SMILES string of the molecule is CCN1CC(C(=O)NCC2CCCC(O)C2)CC1=O. The Balaban J connectivity index is 1.74. The molecular formula is C14H24N2O3. The second kappa shape index (κ2) is 6.37. The van der Waals surface area contributed by atoms with Crippen molar-refractivity contribution in [1.29, 1.82) is 0 Å². The normalized spacial score (nSPS) is 31.6. The van der Waals surface area contributed by atoms with Crippen LogP contribution in [0.2, 0.25) is 0 Å². The summed E-state index contributed by atoms with van der Waals surface area (Å²) in [6.07, 6.45) is 3.90. The van der Waals surface area contributed by atoms with Crippen molar-refractivity contribution in [3.05, 3.63) is 0 Å². The van der Waals surface area contributed by atoms with Gasteiger partial charge in [-0.25, -0.2) is 0 Å². The third kappa shape index (κ3) is 3.69. The van der Waals surface area contributed by atoms with Gasteiger partial charge in [0.2, 0.25) is 11.8 Å². The number of aliphatic hydroxyl groups excluding tert-OH is 1. The van der Waals surface area contributed by atoms with Gasteiger partial charge in [-0.05, 0) is 32.1 Å². The average molecular weight is 268 g/mol. The fourth-order valence-electron chi connectivity index (χ4n) is 3.09. The zero-order valence-corrected chi connectivity index (χ0v) is 11.6. The highest BCUT2D eigenvalue weighted by Crippen LogP contribution is 2.24. The lowest BCUT2D eigenvalue weighted by Gasteiger charge is -2.26. The standard InChI is InChI=1S/C14H24N2O3/c1-2-16-9-11(7-13(16)18)14(19)15-8-10-4-3-5-12(17)6-10/h10-12,17H,2-9H2,1H3,(H,15,19). The van der Waals surface area contributed by atoms with Gasteiger partial charge in [0.1, 0.15) is 0 Å². The number of likely N-dealkylation sites (tertiary alicyclic amines) is 1. The highest BCUT2D eigenvalue weighted by Gasteiger charge is 2.33. The van der Waals surface area contributed by atoms with Crippen molar-refractivity contribution in [2.45, 2.75) is 45.1 Å². The number of aliphatic hydroxyl groups is 1. The van der Waals surface area contributed by atoms with Crippen LogP contribution in [0.15, 0.2) is 0 Å². The Morgan fingerprint density at radius 2 is 2.26 bits per heavy atom. The van der Waals surface area contributed by atoms with Gasteiger partial charge in [0.25, 0.3) is 0 Å². The minimum atomic E-state index is -0.209. The van der Waals surface area contributed by atoms with E-state index in [0.717, 1.165) is 25.7 Å². The van der Waals surface area contributed by atoms with Crippen LogP contribution in [0.1, 0.15) is 39.0 Å². The van der Waals surface area contributed by atoms with Crippen molar-refractivity contribution >= 4 is 11.8 Å². The van der Waals surface area contributed by atoms with Gasteiger partial charge in [-0.3, -0.25) is 9.59 Å². The lowest BCUT2D eigenvalue weighted by Crippen LogP contribution is -2.37. The third-order valence-electron chi connectivity index (χ3n) is 4.29. The maximum absolute atomic E-state index is 12.0. The molecular weight excluding hydrogens is 244 g/mol. The monoisotopic (exact) mass is 268 g/mol. The molecule has 0 aromatic carbocycles. The molecule has 108 valence electrons. The zero-order chi connectivity index (χ0) is 13.8. The number of carbonyl (C=O) groups is 2. The minimum Gasteiger partial charge on any atom is -0.393 e. The summed E-state index contributed by atoms with van der Waals surface area (Å²) in [5.41, 5.74) is 0. The maximum Gasteiger partial charge on any atom is 0.225 e. The highest BCUT2D eigenvalue weighted by molar-refractivity contribution is 5.89. The molecule has 5 nitrogen and oxygen atoms in total. The first kappa shape index (κ1) is 14.3. The van der Waals surface area contributed by atoms with Crippen molar-refractivity contribution in [3.8, 4) is 0 Å². The Labute approximate surface area is 114 Å². The molecule has 2 N–H and O–H groups in total. The molecule has 1 aliphatic carbocycles. The van der Waals surface area contributed by atoms with Gasteiger partial charge >= 0.3 is 0 Å². The number of nitrogens with zero attached hydrogens (tertiary/aromatic N) is 1. The van der Waals surface area contributed by atoms with Crippen LogP contribution >= 0.6 is 0 Å². The summed E-state index contributed by atoms with van der Waals surface area (Å²) >= 11 is 0. The van der Waals surface area contributed by atoms with E-state index < -0.39 is 0 Å². The summed E-state index contributed by atoms with van der Waals surface area (Å²) in [6, 6.07) is 0. The maximum atomic E-state index is 12.0. The lowest BCUT2D eigenvalue weighted by molar-refractivity contribution is -0.128. The van der Waals surface area contributed by atoms with Gasteiger partial charge in [0.15, 0.2) is 0 Å². The Kier molecular flexibility index (Phi) is 4.80. The Morgan fingerprint density at radius 1 is 1.47 bits per heavy atom. The molecule has 3 atom stereocenters. The van der Waals surface area contributed by atoms with E-state index >= 15 is 0 Å².